The van der Waals surface area contributed by atoms with E-state index in [-0.39, 0.29) is 5.78 Å². The molecule has 0 aliphatic carbocycles. The molecule has 0 saturated carbocycles. The predicted molar refractivity (Wildman–Crippen MR) is 65.6 cm³/mol. The smallest absolute Gasteiger partial charge is 0.197 e. The second-order valence-corrected chi connectivity index (χ2v) is 3.98. The Hall–Kier alpha value is -1.94. The van der Waals surface area contributed by atoms with Crippen LogP contribution in [0, 0.1) is 0 Å². The number of nitrogens with zero attached hydrogens (tertiary/aromatic N) is 1. The molecule has 0 atom stereocenters. The van der Waals surface area contributed by atoms with Crippen LogP contribution in [0.25, 0.3) is 0 Å². The van der Waals surface area contributed by atoms with E-state index in [0.717, 1.165) is 10.7 Å². The molecule has 80 valence electrons. The van der Waals surface area contributed by atoms with Gasteiger partial charge in [0.05, 0.1) is 4.88 Å². The van der Waals surface area contributed by atoms with Gasteiger partial charge in [-0.15, -0.1) is 11.3 Å². The summed E-state index contributed by atoms with van der Waals surface area (Å²) in [7, 11) is 0. The molecule has 2 heterocycles. The average molecular weight is 230 g/mol. The Balaban J connectivity index is 1.93. The molecular formula is C12H10N2OS. The quantitative estimate of drug-likeness (QED) is 0.648. The van der Waals surface area contributed by atoms with Gasteiger partial charge in [0, 0.05) is 18.5 Å². The monoisotopic (exact) mass is 230 g/mol. The molecule has 4 heteroatoms. The summed E-state index contributed by atoms with van der Waals surface area (Å²) in [6.07, 6.45) is 4.79. The molecule has 0 saturated heterocycles. The number of carbonyl (C=O) groups is 1. The van der Waals surface area contributed by atoms with Crippen molar-refractivity contribution >= 4 is 22.9 Å². The summed E-state index contributed by atoms with van der Waals surface area (Å²) in [4.78, 5) is 16.4. The average Bonchev–Trinajstić information content (AvgIpc) is 2.84. The van der Waals surface area contributed by atoms with E-state index in [1.807, 2.05) is 29.6 Å². The van der Waals surface area contributed by atoms with Crippen molar-refractivity contribution in [2.45, 2.75) is 0 Å². The molecule has 0 amide bonds. The van der Waals surface area contributed by atoms with Crippen molar-refractivity contribution in [3.8, 4) is 0 Å². The third-order valence-corrected chi connectivity index (χ3v) is 2.78. The van der Waals surface area contributed by atoms with Crippen molar-refractivity contribution in [3.05, 3.63) is 59.1 Å². The van der Waals surface area contributed by atoms with Crippen molar-refractivity contribution in [2.24, 2.45) is 0 Å². The van der Waals surface area contributed by atoms with E-state index in [2.05, 4.69) is 10.3 Å². The third-order valence-electron chi connectivity index (χ3n) is 1.89. The first-order chi connectivity index (χ1) is 7.86. The van der Waals surface area contributed by atoms with Gasteiger partial charge in [0.2, 0.25) is 0 Å². The second kappa shape index (κ2) is 5.23. The molecule has 0 unspecified atom stereocenters. The van der Waals surface area contributed by atoms with Gasteiger partial charge in [-0.05, 0) is 23.6 Å². The topological polar surface area (TPSA) is 42.0 Å². The number of nitrogens with one attached hydrogen (secondary N) is 1. The van der Waals surface area contributed by atoms with Gasteiger partial charge >= 0.3 is 0 Å². The highest BCUT2D eigenvalue weighted by atomic mass is 32.1. The lowest BCUT2D eigenvalue weighted by Gasteiger charge is -1.96. The van der Waals surface area contributed by atoms with E-state index < -0.39 is 0 Å². The summed E-state index contributed by atoms with van der Waals surface area (Å²) in [6, 6.07) is 9.21. The minimum Gasteiger partial charge on any atom is -0.347 e. The van der Waals surface area contributed by atoms with Gasteiger partial charge in [-0.1, -0.05) is 12.1 Å². The van der Waals surface area contributed by atoms with Crippen molar-refractivity contribution < 1.29 is 4.79 Å². The van der Waals surface area contributed by atoms with E-state index in [0.29, 0.717) is 0 Å². The Morgan fingerprint density at radius 2 is 2.25 bits per heavy atom. The number of hydrogen-bond donors (Lipinski definition) is 1. The molecule has 16 heavy (non-hydrogen) atoms. The number of carbonyl (C=O) groups excluding carboxylic acids is 1. The molecule has 0 bridgehead atoms. The third kappa shape index (κ3) is 2.77. The Bertz CT molecular complexity index is 477. The number of hydrogen-bond acceptors (Lipinski definition) is 4. The summed E-state index contributed by atoms with van der Waals surface area (Å²) in [5.74, 6) is 0.719. The Morgan fingerprint density at radius 1 is 1.31 bits per heavy atom. The zero-order valence-corrected chi connectivity index (χ0v) is 9.28. The maximum Gasteiger partial charge on any atom is 0.197 e. The lowest BCUT2D eigenvalue weighted by Crippen LogP contribution is -1.94. The van der Waals surface area contributed by atoms with E-state index in [1.165, 1.54) is 17.4 Å². The van der Waals surface area contributed by atoms with Crippen molar-refractivity contribution in [2.75, 3.05) is 5.32 Å². The Kier molecular flexibility index (Phi) is 3.46. The molecule has 2 aromatic rings. The van der Waals surface area contributed by atoms with Crippen LogP contribution in [0.5, 0.6) is 0 Å². The number of pyridine rings is 1. The summed E-state index contributed by atoms with van der Waals surface area (Å²) < 4.78 is 0. The fraction of sp³-hybridized carbons (Fsp3) is 0. The van der Waals surface area contributed by atoms with Gasteiger partial charge in [0.1, 0.15) is 5.82 Å². The van der Waals surface area contributed by atoms with Crippen LogP contribution in [0.4, 0.5) is 5.82 Å². The van der Waals surface area contributed by atoms with Crippen LogP contribution in [-0.2, 0) is 0 Å². The van der Waals surface area contributed by atoms with Gasteiger partial charge < -0.3 is 5.32 Å². The van der Waals surface area contributed by atoms with Gasteiger partial charge in [-0.3, -0.25) is 4.79 Å². The number of thiophene rings is 1. The fourth-order valence-electron chi connectivity index (χ4n) is 1.15. The summed E-state index contributed by atoms with van der Waals surface area (Å²) in [5.41, 5.74) is 0. The van der Waals surface area contributed by atoms with Gasteiger partial charge in [-0.2, -0.15) is 0 Å². The first-order valence-corrected chi connectivity index (χ1v) is 5.66. The van der Waals surface area contributed by atoms with Crippen molar-refractivity contribution in [1.29, 1.82) is 0 Å². The van der Waals surface area contributed by atoms with E-state index in [4.69, 9.17) is 0 Å². The van der Waals surface area contributed by atoms with Crippen LogP contribution in [0.3, 0.4) is 0 Å². The molecule has 3 nitrogen and oxygen atoms in total. The van der Waals surface area contributed by atoms with E-state index >= 15 is 0 Å². The molecule has 0 aliphatic rings. The van der Waals surface area contributed by atoms with Crippen molar-refractivity contribution in [1.82, 2.24) is 4.98 Å². The zero-order chi connectivity index (χ0) is 11.2. The SMILES string of the molecule is O=C(/C=C\Nc1ccccn1)c1cccs1. The fourth-order valence-corrected chi connectivity index (χ4v) is 1.80. The van der Waals surface area contributed by atoms with Gasteiger partial charge in [0.15, 0.2) is 5.78 Å². The maximum absolute atomic E-state index is 11.6. The molecule has 0 fully saturated rings. The molecule has 2 aromatic heterocycles. The number of aromatic nitrogens is 1. The second-order valence-electron chi connectivity index (χ2n) is 3.03. The first kappa shape index (κ1) is 10.6. The number of ketones is 1. The van der Waals surface area contributed by atoms with Gasteiger partial charge in [0.25, 0.3) is 0 Å². The highest BCUT2D eigenvalue weighted by molar-refractivity contribution is 7.12. The molecule has 2 rings (SSSR count). The predicted octanol–water partition coefficient (Wildman–Crippen LogP) is 2.95. The molecule has 0 spiro atoms. The van der Waals surface area contributed by atoms with Crippen LogP contribution in [-0.4, -0.2) is 10.8 Å². The highest BCUT2D eigenvalue weighted by Crippen LogP contribution is 2.09. The minimum atomic E-state index is -0.00145. The molecule has 0 aliphatic heterocycles. The highest BCUT2D eigenvalue weighted by Gasteiger charge is 2.00. The standard InChI is InChI=1S/C12H10N2OS/c15-10(11-4-3-9-16-11)6-8-14-12-5-1-2-7-13-12/h1-9H,(H,13,14)/b8-6-. The normalized spacial score (nSPS) is 10.5. The number of rotatable bonds is 4. The molecule has 1 N–H and O–H groups in total. The van der Waals surface area contributed by atoms with Crippen LogP contribution >= 0.6 is 11.3 Å². The van der Waals surface area contributed by atoms with Crippen LogP contribution in [0.2, 0.25) is 0 Å². The Morgan fingerprint density at radius 3 is 2.94 bits per heavy atom. The minimum absolute atomic E-state index is 0.00145. The van der Waals surface area contributed by atoms with Crippen LogP contribution in [0.15, 0.2) is 54.2 Å². The van der Waals surface area contributed by atoms with Crippen LogP contribution < -0.4 is 5.32 Å². The zero-order valence-electron chi connectivity index (χ0n) is 8.46. The molecular weight excluding hydrogens is 220 g/mol. The van der Waals surface area contributed by atoms with Gasteiger partial charge in [-0.25, -0.2) is 4.98 Å². The summed E-state index contributed by atoms with van der Waals surface area (Å²) >= 11 is 1.43. The lowest BCUT2D eigenvalue weighted by atomic mass is 10.3. The van der Waals surface area contributed by atoms with Crippen LogP contribution in [0.1, 0.15) is 9.67 Å². The summed E-state index contributed by atoms with van der Waals surface area (Å²) in [5, 5.41) is 4.81. The largest absolute Gasteiger partial charge is 0.347 e. The first-order valence-electron chi connectivity index (χ1n) is 4.78. The van der Waals surface area contributed by atoms with E-state index in [1.54, 1.807) is 18.5 Å². The molecule has 0 aromatic carbocycles. The Labute approximate surface area is 97.5 Å². The number of anilines is 1. The lowest BCUT2D eigenvalue weighted by molar-refractivity contribution is 0.105. The number of allylic oxidation sites excluding steroid dienone is 1. The summed E-state index contributed by atoms with van der Waals surface area (Å²) in [6.45, 7) is 0. The van der Waals surface area contributed by atoms with Crippen molar-refractivity contribution in [3.63, 3.8) is 0 Å². The van der Waals surface area contributed by atoms with E-state index in [9.17, 15) is 4.79 Å². The maximum atomic E-state index is 11.6. The molecule has 0 radical (unpaired) electrons.